The molecule has 244 valence electrons. The van der Waals surface area contributed by atoms with Crippen molar-refractivity contribution >= 4 is 55.2 Å². The van der Waals surface area contributed by atoms with Gasteiger partial charge in [-0.3, -0.25) is 9.48 Å². The molecule has 0 spiro atoms. The highest BCUT2D eigenvalue weighted by atomic mass is 32.1. The van der Waals surface area contributed by atoms with Crippen molar-refractivity contribution in [3.05, 3.63) is 47.2 Å². The number of carbonyl (C=O) groups excluding carboxylic acids is 1. The topological polar surface area (TPSA) is 175 Å². The van der Waals surface area contributed by atoms with Gasteiger partial charge < -0.3 is 26.2 Å². The van der Waals surface area contributed by atoms with Gasteiger partial charge in [-0.1, -0.05) is 6.07 Å². The van der Waals surface area contributed by atoms with E-state index < -0.39 is 35.9 Å². The van der Waals surface area contributed by atoms with Crippen LogP contribution in [0.15, 0.2) is 24.4 Å². The van der Waals surface area contributed by atoms with Crippen molar-refractivity contribution in [2.24, 2.45) is 0 Å². The SMILES string of the molecule is N#Cc1c(N)sc2c(F)ccc(-c3c(F)cc4c5c3cnn5CC3CNCCN3C4=O)c12.O=C(O)C(F)(F)F.O=C(O)C(F)(F)F. The van der Waals surface area contributed by atoms with E-state index in [9.17, 15) is 40.8 Å². The Morgan fingerprint density at radius 3 is 2.24 bits per heavy atom. The van der Waals surface area contributed by atoms with Crippen LogP contribution in [0.2, 0.25) is 0 Å². The fourth-order valence-electron chi connectivity index (χ4n) is 4.88. The van der Waals surface area contributed by atoms with E-state index in [2.05, 4.69) is 10.4 Å². The van der Waals surface area contributed by atoms with Crippen LogP contribution in [0.25, 0.3) is 32.1 Å². The number of hydrogen-bond acceptors (Lipinski definition) is 8. The number of amides is 1. The molecule has 5 N–H and O–H groups in total. The molecule has 6 rings (SSSR count). The summed E-state index contributed by atoms with van der Waals surface area (Å²) in [6, 6.07) is 5.87. The Morgan fingerprint density at radius 2 is 1.67 bits per heavy atom. The molecule has 2 aromatic heterocycles. The second-order valence-corrected chi connectivity index (χ2v) is 10.6. The first-order valence-corrected chi connectivity index (χ1v) is 13.4. The molecular weight excluding hydrogens is 660 g/mol. The number of piperazine rings is 1. The second-order valence-electron chi connectivity index (χ2n) is 9.58. The number of nitriles is 1. The van der Waals surface area contributed by atoms with Crippen LogP contribution in [0, 0.1) is 23.0 Å². The van der Waals surface area contributed by atoms with E-state index in [0.29, 0.717) is 42.6 Å². The van der Waals surface area contributed by atoms with Gasteiger partial charge >= 0.3 is 24.3 Å². The highest BCUT2D eigenvalue weighted by Gasteiger charge is 2.39. The molecule has 1 unspecified atom stereocenters. The lowest BCUT2D eigenvalue weighted by molar-refractivity contribution is -0.193. The molecule has 0 aliphatic carbocycles. The Kier molecular flexibility index (Phi) is 9.13. The average Bonchev–Trinajstić information content (AvgIpc) is 3.50. The number of nitrogens with zero attached hydrogens (tertiary/aromatic N) is 4. The van der Waals surface area contributed by atoms with E-state index in [0.717, 1.165) is 11.3 Å². The fraction of sp³-hybridized carbons (Fsp3) is 0.269. The zero-order chi connectivity index (χ0) is 34.3. The number of carboxylic acids is 2. The average molecular weight is 679 g/mol. The molecule has 0 saturated carbocycles. The van der Waals surface area contributed by atoms with Crippen molar-refractivity contribution in [1.29, 1.82) is 5.26 Å². The predicted octanol–water partition coefficient (Wildman–Crippen LogP) is 4.34. The molecule has 0 radical (unpaired) electrons. The zero-order valence-corrected chi connectivity index (χ0v) is 23.4. The minimum absolute atomic E-state index is 0.0855. The summed E-state index contributed by atoms with van der Waals surface area (Å²) in [5.41, 5.74) is 7.41. The molecule has 4 heterocycles. The maximum Gasteiger partial charge on any atom is 0.490 e. The molecule has 1 fully saturated rings. The number of hydrogen-bond donors (Lipinski definition) is 4. The number of benzene rings is 2. The van der Waals surface area contributed by atoms with Gasteiger partial charge in [-0.15, -0.1) is 11.3 Å². The van der Waals surface area contributed by atoms with Crippen molar-refractivity contribution in [2.45, 2.75) is 24.9 Å². The highest BCUT2D eigenvalue weighted by molar-refractivity contribution is 7.23. The summed E-state index contributed by atoms with van der Waals surface area (Å²) < 4.78 is 95.6. The van der Waals surface area contributed by atoms with Gasteiger partial charge in [0.1, 0.15) is 22.7 Å². The predicted molar refractivity (Wildman–Crippen MR) is 145 cm³/mol. The van der Waals surface area contributed by atoms with Gasteiger partial charge in [0.15, 0.2) is 0 Å². The first-order valence-electron chi connectivity index (χ1n) is 12.6. The molecule has 1 atom stereocenters. The lowest BCUT2D eigenvalue weighted by atomic mass is 9.94. The van der Waals surface area contributed by atoms with Crippen LogP contribution in [-0.4, -0.2) is 80.8 Å². The number of carboxylic acid groups (broad SMARTS) is 2. The third-order valence-corrected chi connectivity index (χ3v) is 7.81. The largest absolute Gasteiger partial charge is 0.490 e. The lowest BCUT2D eigenvalue weighted by Crippen LogP contribution is -2.54. The van der Waals surface area contributed by atoms with Crippen LogP contribution in [-0.2, 0) is 16.1 Å². The molecule has 4 aromatic rings. The molecule has 1 amide bonds. The quantitative estimate of drug-likeness (QED) is 0.214. The summed E-state index contributed by atoms with van der Waals surface area (Å²) in [6.45, 7) is 2.33. The maximum atomic E-state index is 15.7. The Bertz CT molecular complexity index is 1890. The van der Waals surface area contributed by atoms with E-state index in [1.165, 1.54) is 24.4 Å². The van der Waals surface area contributed by atoms with Crippen LogP contribution in [0.4, 0.5) is 40.1 Å². The van der Waals surface area contributed by atoms with Crippen molar-refractivity contribution in [3.63, 3.8) is 0 Å². The van der Waals surface area contributed by atoms with Gasteiger partial charge in [0.25, 0.3) is 5.91 Å². The number of alkyl halides is 6. The number of nitrogen functional groups attached to an aromatic ring is 1. The summed E-state index contributed by atoms with van der Waals surface area (Å²) >= 11 is 0.961. The minimum atomic E-state index is -5.08. The Hall–Kier alpha value is -5.03. The van der Waals surface area contributed by atoms with E-state index >= 15 is 4.39 Å². The fourth-order valence-corrected chi connectivity index (χ4v) is 5.83. The van der Waals surface area contributed by atoms with Gasteiger partial charge in [-0.05, 0) is 17.7 Å². The van der Waals surface area contributed by atoms with Crippen molar-refractivity contribution in [2.75, 3.05) is 25.4 Å². The van der Waals surface area contributed by atoms with Gasteiger partial charge in [0, 0.05) is 36.0 Å². The molecule has 1 saturated heterocycles. The number of carbonyl (C=O) groups is 3. The molecule has 2 aliphatic heterocycles. The van der Waals surface area contributed by atoms with Gasteiger partial charge in [-0.2, -0.15) is 36.7 Å². The smallest absolute Gasteiger partial charge is 0.475 e. The summed E-state index contributed by atoms with van der Waals surface area (Å²) in [5.74, 6) is -6.90. The minimum Gasteiger partial charge on any atom is -0.475 e. The van der Waals surface area contributed by atoms with E-state index in [-0.39, 0.29) is 43.7 Å². The summed E-state index contributed by atoms with van der Waals surface area (Å²) in [5, 5.41) is 32.5. The first kappa shape index (κ1) is 33.9. The van der Waals surface area contributed by atoms with E-state index in [4.69, 9.17) is 25.5 Å². The normalized spacial score (nSPS) is 16.0. The third-order valence-electron chi connectivity index (χ3n) is 6.78. The van der Waals surface area contributed by atoms with Crippen LogP contribution >= 0.6 is 11.3 Å². The maximum absolute atomic E-state index is 15.7. The standard InChI is InChI=1S/C22H16F2N6OS.2C2HF3O2/c23-15-2-1-11(18-13(6-25)21(26)32-20(15)18)17-14-8-28-30-9-10-7-27-3-4-29(10)22(31)12(19(14)30)5-16(17)24;2*3-2(4,5)1(6)7/h1-2,5,8,10,27H,3-4,7,9,26H2;2*(H,6,7). The number of halogens is 8. The van der Waals surface area contributed by atoms with Crippen molar-refractivity contribution in [1.82, 2.24) is 20.0 Å². The number of fused-ring (bicyclic) bond motifs is 2. The van der Waals surface area contributed by atoms with Gasteiger partial charge in [0.05, 0.1) is 40.1 Å². The molecule has 11 nitrogen and oxygen atoms in total. The highest BCUT2D eigenvalue weighted by Crippen LogP contribution is 2.44. The monoisotopic (exact) mass is 678 g/mol. The van der Waals surface area contributed by atoms with Gasteiger partial charge in [0.2, 0.25) is 0 Å². The number of rotatable bonds is 1. The van der Waals surface area contributed by atoms with E-state index in [1.54, 1.807) is 9.58 Å². The number of aromatic nitrogens is 2. The van der Waals surface area contributed by atoms with E-state index in [1.807, 2.05) is 6.07 Å². The molecule has 46 heavy (non-hydrogen) atoms. The number of anilines is 1. The first-order chi connectivity index (χ1) is 21.4. The summed E-state index contributed by atoms with van der Waals surface area (Å²) in [7, 11) is 0. The number of thiophene rings is 1. The van der Waals surface area contributed by atoms with Crippen LogP contribution < -0.4 is 11.1 Å². The summed E-state index contributed by atoms with van der Waals surface area (Å²) in [6.07, 6.45) is -8.63. The molecule has 0 bridgehead atoms. The molecule has 2 aromatic carbocycles. The van der Waals surface area contributed by atoms with Crippen LogP contribution in [0.1, 0.15) is 15.9 Å². The number of nitrogens with two attached hydrogens (primary N) is 1. The Morgan fingerprint density at radius 1 is 1.07 bits per heavy atom. The zero-order valence-electron chi connectivity index (χ0n) is 22.6. The number of nitrogens with one attached hydrogen (secondary N) is 1. The third kappa shape index (κ3) is 6.36. The number of aliphatic carboxylic acids is 2. The van der Waals surface area contributed by atoms with Crippen molar-refractivity contribution < 1.29 is 59.7 Å². The Labute approximate surface area is 255 Å². The van der Waals surface area contributed by atoms with Crippen LogP contribution in [0.3, 0.4) is 0 Å². The molecule has 2 aliphatic rings. The Balaban J connectivity index is 0.000000289. The second kappa shape index (κ2) is 12.4. The lowest BCUT2D eigenvalue weighted by Gasteiger charge is -2.34. The van der Waals surface area contributed by atoms with Crippen molar-refractivity contribution in [3.8, 4) is 17.2 Å². The molecule has 20 heteroatoms. The summed E-state index contributed by atoms with van der Waals surface area (Å²) in [4.78, 5) is 32.9. The molecular formula is C26H18F8N6O5S. The van der Waals surface area contributed by atoms with Crippen LogP contribution in [0.5, 0.6) is 0 Å². The van der Waals surface area contributed by atoms with Gasteiger partial charge in [-0.25, -0.2) is 18.4 Å².